The van der Waals surface area contributed by atoms with Crippen molar-refractivity contribution in [3.63, 3.8) is 0 Å². The first-order chi connectivity index (χ1) is 16.6. The van der Waals surface area contributed by atoms with E-state index in [1.807, 2.05) is 13.0 Å². The SMILES string of the molecule is C=CCCC(C)CC.CCCC(O)CC(C)O.O=C(O)c1ccccc1.O=C(O)c1ccccc1. The molecule has 0 saturated heterocycles. The maximum atomic E-state index is 10.2. The molecule has 0 bridgehead atoms. The van der Waals surface area contributed by atoms with E-state index >= 15 is 0 Å². The minimum absolute atomic E-state index is 0.310. The molecule has 4 N–H and O–H groups in total. The van der Waals surface area contributed by atoms with Crippen LogP contribution in [0.5, 0.6) is 0 Å². The number of aliphatic hydroxyl groups is 2. The highest BCUT2D eigenvalue weighted by Gasteiger charge is 2.05. The average Bonchev–Trinajstić information content (AvgIpc) is 2.84. The number of allylic oxidation sites excluding steroid dienone is 1. The van der Waals surface area contributed by atoms with Crippen LogP contribution in [0.2, 0.25) is 0 Å². The normalized spacial score (nSPS) is 12.1. The molecular formula is C29H44O6. The number of aliphatic hydroxyl groups excluding tert-OH is 2. The summed E-state index contributed by atoms with van der Waals surface area (Å²) in [5, 5.41) is 34.6. The molecule has 2 aromatic rings. The first kappa shape index (κ1) is 34.2. The minimum atomic E-state index is -0.879. The summed E-state index contributed by atoms with van der Waals surface area (Å²) in [5.74, 6) is -0.876. The monoisotopic (exact) mass is 488 g/mol. The van der Waals surface area contributed by atoms with Crippen LogP contribution in [0.3, 0.4) is 0 Å². The van der Waals surface area contributed by atoms with Gasteiger partial charge in [0, 0.05) is 0 Å². The van der Waals surface area contributed by atoms with Crippen molar-refractivity contribution in [2.45, 2.75) is 78.4 Å². The highest BCUT2D eigenvalue weighted by molar-refractivity contribution is 5.87. The van der Waals surface area contributed by atoms with Gasteiger partial charge in [-0.1, -0.05) is 76.1 Å². The summed E-state index contributed by atoms with van der Waals surface area (Å²) in [6.45, 7) is 11.9. The molecule has 0 aliphatic carbocycles. The van der Waals surface area contributed by atoms with E-state index in [2.05, 4.69) is 20.4 Å². The van der Waals surface area contributed by atoms with Gasteiger partial charge in [-0.2, -0.15) is 0 Å². The van der Waals surface area contributed by atoms with Gasteiger partial charge in [0.05, 0.1) is 23.3 Å². The van der Waals surface area contributed by atoms with E-state index < -0.39 is 11.9 Å². The van der Waals surface area contributed by atoms with E-state index in [1.54, 1.807) is 67.6 Å². The lowest BCUT2D eigenvalue weighted by Crippen LogP contribution is -2.13. The molecule has 2 rings (SSSR count). The lowest BCUT2D eigenvalue weighted by molar-refractivity contribution is 0.0686. The quantitative estimate of drug-likeness (QED) is 0.277. The van der Waals surface area contributed by atoms with Crippen LogP contribution in [0, 0.1) is 5.92 Å². The van der Waals surface area contributed by atoms with Gasteiger partial charge in [0.1, 0.15) is 0 Å². The van der Waals surface area contributed by atoms with Crippen LogP contribution in [0.4, 0.5) is 0 Å². The van der Waals surface area contributed by atoms with Crippen LogP contribution in [0.25, 0.3) is 0 Å². The fourth-order valence-corrected chi connectivity index (χ4v) is 2.61. The maximum Gasteiger partial charge on any atom is 0.335 e. The smallest absolute Gasteiger partial charge is 0.335 e. The highest BCUT2D eigenvalue weighted by Crippen LogP contribution is 2.08. The number of rotatable bonds is 10. The molecule has 0 fully saturated rings. The predicted molar refractivity (Wildman–Crippen MR) is 143 cm³/mol. The Morgan fingerprint density at radius 2 is 1.26 bits per heavy atom. The number of benzene rings is 2. The van der Waals surface area contributed by atoms with Gasteiger partial charge in [0.25, 0.3) is 0 Å². The second kappa shape index (κ2) is 22.8. The van der Waals surface area contributed by atoms with E-state index in [0.717, 1.165) is 18.8 Å². The largest absolute Gasteiger partial charge is 0.478 e. The van der Waals surface area contributed by atoms with Crippen molar-refractivity contribution in [1.82, 2.24) is 0 Å². The third-order valence-corrected chi connectivity index (χ3v) is 4.84. The summed E-state index contributed by atoms with van der Waals surface area (Å²) in [7, 11) is 0. The second-order valence-corrected chi connectivity index (χ2v) is 8.25. The van der Waals surface area contributed by atoms with Gasteiger partial charge >= 0.3 is 11.9 Å². The Hall–Kier alpha value is -2.96. The number of carboxylic acids is 2. The molecule has 0 spiro atoms. The molecule has 3 atom stereocenters. The van der Waals surface area contributed by atoms with Crippen LogP contribution < -0.4 is 0 Å². The molecule has 0 aromatic heterocycles. The van der Waals surface area contributed by atoms with Gasteiger partial charge in [-0.15, -0.1) is 6.58 Å². The molecule has 0 radical (unpaired) electrons. The van der Waals surface area contributed by atoms with Gasteiger partial charge in [0.15, 0.2) is 0 Å². The Labute approximate surface area is 211 Å². The summed E-state index contributed by atoms with van der Waals surface area (Å²) in [6.07, 6.45) is 7.38. The van der Waals surface area contributed by atoms with E-state index in [9.17, 15) is 9.59 Å². The van der Waals surface area contributed by atoms with Crippen LogP contribution in [-0.4, -0.2) is 44.6 Å². The van der Waals surface area contributed by atoms with Crippen molar-refractivity contribution in [3.05, 3.63) is 84.4 Å². The summed E-state index contributed by atoms with van der Waals surface area (Å²) < 4.78 is 0. The number of hydrogen-bond acceptors (Lipinski definition) is 4. The predicted octanol–water partition coefficient (Wildman–Crippen LogP) is 6.69. The Balaban J connectivity index is 0. The molecule has 0 aliphatic rings. The molecule has 0 heterocycles. The van der Waals surface area contributed by atoms with Crippen molar-refractivity contribution < 1.29 is 30.0 Å². The van der Waals surface area contributed by atoms with E-state index in [0.29, 0.717) is 17.5 Å². The molecule has 3 unspecified atom stereocenters. The number of carboxylic acid groups (broad SMARTS) is 2. The van der Waals surface area contributed by atoms with Gasteiger partial charge in [-0.05, 0) is 62.8 Å². The highest BCUT2D eigenvalue weighted by atomic mass is 16.4. The summed E-state index contributed by atoms with van der Waals surface area (Å²) >= 11 is 0. The van der Waals surface area contributed by atoms with E-state index in [-0.39, 0.29) is 12.2 Å². The van der Waals surface area contributed by atoms with E-state index in [1.165, 1.54) is 19.3 Å². The average molecular weight is 489 g/mol. The lowest BCUT2D eigenvalue weighted by Gasteiger charge is -2.09. The lowest BCUT2D eigenvalue weighted by atomic mass is 10.0. The summed E-state index contributed by atoms with van der Waals surface area (Å²) in [6, 6.07) is 16.6. The van der Waals surface area contributed by atoms with Crippen molar-refractivity contribution in [2.75, 3.05) is 0 Å². The van der Waals surface area contributed by atoms with Crippen molar-refractivity contribution >= 4 is 11.9 Å². The fraction of sp³-hybridized carbons (Fsp3) is 0.448. The zero-order valence-corrected chi connectivity index (χ0v) is 21.6. The van der Waals surface area contributed by atoms with Crippen LogP contribution in [0.1, 0.15) is 86.9 Å². The first-order valence-electron chi connectivity index (χ1n) is 12.1. The molecule has 0 aliphatic heterocycles. The molecule has 2 aromatic carbocycles. The maximum absolute atomic E-state index is 10.2. The Morgan fingerprint density at radius 3 is 1.51 bits per heavy atom. The second-order valence-electron chi connectivity index (χ2n) is 8.25. The Kier molecular flexibility index (Phi) is 22.3. The Bertz CT molecular complexity index is 725. The van der Waals surface area contributed by atoms with Crippen LogP contribution >= 0.6 is 0 Å². The third kappa shape index (κ3) is 22.6. The van der Waals surface area contributed by atoms with Gasteiger partial charge < -0.3 is 20.4 Å². The number of aromatic carboxylic acids is 2. The molecule has 0 amide bonds. The molecular weight excluding hydrogens is 444 g/mol. The zero-order chi connectivity index (χ0) is 27.1. The molecule has 6 heteroatoms. The first-order valence-corrected chi connectivity index (χ1v) is 12.1. The zero-order valence-electron chi connectivity index (χ0n) is 21.6. The Morgan fingerprint density at radius 1 is 0.829 bits per heavy atom. The summed E-state index contributed by atoms with van der Waals surface area (Å²) in [4.78, 5) is 20.4. The minimum Gasteiger partial charge on any atom is -0.478 e. The topological polar surface area (TPSA) is 115 Å². The fourth-order valence-electron chi connectivity index (χ4n) is 2.61. The number of carbonyl (C=O) groups is 2. The van der Waals surface area contributed by atoms with Crippen molar-refractivity contribution in [2.24, 2.45) is 5.92 Å². The van der Waals surface area contributed by atoms with E-state index in [4.69, 9.17) is 20.4 Å². The van der Waals surface area contributed by atoms with Crippen LogP contribution in [0.15, 0.2) is 73.3 Å². The third-order valence-electron chi connectivity index (χ3n) is 4.84. The van der Waals surface area contributed by atoms with Gasteiger partial charge in [-0.3, -0.25) is 0 Å². The number of hydrogen-bond donors (Lipinski definition) is 4. The molecule has 0 saturated carbocycles. The van der Waals surface area contributed by atoms with Gasteiger partial charge in [0.2, 0.25) is 0 Å². The van der Waals surface area contributed by atoms with Gasteiger partial charge in [-0.25, -0.2) is 9.59 Å². The molecule has 35 heavy (non-hydrogen) atoms. The molecule has 196 valence electrons. The summed E-state index contributed by atoms with van der Waals surface area (Å²) in [5.41, 5.74) is 0.662. The molecule has 6 nitrogen and oxygen atoms in total. The standard InChI is InChI=1S/C8H16.2C7H6O2.C7H16O2/c1-4-6-7-8(3)5-2;2*8-7(9)6-4-2-1-3-5-6;1-3-4-7(9)5-6(2)8/h4,8H,1,5-7H2,2-3H3;2*1-5H,(H,8,9);6-9H,3-5H2,1-2H3. The van der Waals surface area contributed by atoms with Crippen molar-refractivity contribution in [3.8, 4) is 0 Å². The van der Waals surface area contributed by atoms with Crippen LogP contribution in [-0.2, 0) is 0 Å². The van der Waals surface area contributed by atoms with Crippen molar-refractivity contribution in [1.29, 1.82) is 0 Å².